The van der Waals surface area contributed by atoms with Crippen LogP contribution >= 0.6 is 0 Å². The van der Waals surface area contributed by atoms with Crippen molar-refractivity contribution in [1.82, 2.24) is 10.2 Å². The molecule has 1 atom stereocenters. The predicted molar refractivity (Wildman–Crippen MR) is 35.8 cm³/mol. The predicted octanol–water partition coefficient (Wildman–Crippen LogP) is 0.489. The first-order chi connectivity index (χ1) is 5.81. The topological polar surface area (TPSA) is 49.4 Å². The molecule has 1 fully saturated rings. The van der Waals surface area contributed by atoms with E-state index in [2.05, 4.69) is 0 Å². The molecule has 74 valence electrons. The van der Waals surface area contributed by atoms with E-state index < -0.39 is 30.6 Å². The maximum absolute atomic E-state index is 11.8. The van der Waals surface area contributed by atoms with E-state index in [0.717, 1.165) is 7.05 Å². The summed E-state index contributed by atoms with van der Waals surface area (Å²) in [5, 5.41) is 1.93. The Kier molecular flexibility index (Phi) is 2.19. The van der Waals surface area contributed by atoms with Crippen LogP contribution in [-0.2, 0) is 4.79 Å². The molecule has 0 aromatic carbocycles. The lowest BCUT2D eigenvalue weighted by Crippen LogP contribution is -2.34. The third-order valence-corrected chi connectivity index (χ3v) is 1.67. The minimum absolute atomic E-state index is 0.635. The molecule has 0 spiro atoms. The highest BCUT2D eigenvalue weighted by Gasteiger charge is 2.42. The van der Waals surface area contributed by atoms with Crippen LogP contribution in [0, 0.1) is 0 Å². The SMILES string of the molecule is CN1C(=O)NC(CC(F)(F)F)C1=O. The lowest BCUT2D eigenvalue weighted by molar-refractivity contribution is -0.148. The van der Waals surface area contributed by atoms with E-state index in [1.807, 2.05) is 5.32 Å². The number of hydrogen-bond acceptors (Lipinski definition) is 2. The molecule has 1 aliphatic rings. The number of urea groups is 1. The van der Waals surface area contributed by atoms with Crippen molar-refractivity contribution >= 4 is 11.9 Å². The molecule has 4 nitrogen and oxygen atoms in total. The fraction of sp³-hybridized carbons (Fsp3) is 0.667. The van der Waals surface area contributed by atoms with Crippen molar-refractivity contribution < 1.29 is 22.8 Å². The number of halogens is 3. The second-order valence-electron chi connectivity index (χ2n) is 2.72. The van der Waals surface area contributed by atoms with Crippen molar-refractivity contribution in [1.29, 1.82) is 0 Å². The zero-order chi connectivity index (χ0) is 10.2. The summed E-state index contributed by atoms with van der Waals surface area (Å²) in [5.41, 5.74) is 0. The molecule has 1 saturated heterocycles. The molecule has 13 heavy (non-hydrogen) atoms. The van der Waals surface area contributed by atoms with Crippen LogP contribution in [0.2, 0.25) is 0 Å². The van der Waals surface area contributed by atoms with Gasteiger partial charge >= 0.3 is 12.2 Å². The molecule has 1 heterocycles. The Labute approximate surface area is 71.7 Å². The Morgan fingerprint density at radius 1 is 1.46 bits per heavy atom. The van der Waals surface area contributed by atoms with Crippen LogP contribution in [0.4, 0.5) is 18.0 Å². The van der Waals surface area contributed by atoms with Crippen molar-refractivity contribution in [3.05, 3.63) is 0 Å². The number of carbonyl (C=O) groups is 2. The van der Waals surface area contributed by atoms with E-state index in [0.29, 0.717) is 4.90 Å². The van der Waals surface area contributed by atoms with Gasteiger partial charge in [0, 0.05) is 7.05 Å². The molecule has 3 amide bonds. The number of rotatable bonds is 1. The van der Waals surface area contributed by atoms with Crippen molar-refractivity contribution in [3.8, 4) is 0 Å². The van der Waals surface area contributed by atoms with Crippen LogP contribution in [0.15, 0.2) is 0 Å². The van der Waals surface area contributed by atoms with Gasteiger partial charge in [0.05, 0.1) is 6.42 Å². The Bertz CT molecular complexity index is 251. The Balaban J connectivity index is 2.65. The van der Waals surface area contributed by atoms with Gasteiger partial charge in [-0.2, -0.15) is 13.2 Å². The lowest BCUT2D eigenvalue weighted by atomic mass is 10.2. The smallest absolute Gasteiger partial charge is 0.325 e. The fourth-order valence-corrected chi connectivity index (χ4v) is 1.01. The third kappa shape index (κ3) is 2.10. The van der Waals surface area contributed by atoms with E-state index in [4.69, 9.17) is 0 Å². The van der Waals surface area contributed by atoms with Gasteiger partial charge in [0.15, 0.2) is 0 Å². The number of nitrogens with zero attached hydrogens (tertiary/aromatic N) is 1. The molecular weight excluding hydrogens is 189 g/mol. The number of alkyl halides is 3. The Morgan fingerprint density at radius 3 is 2.31 bits per heavy atom. The van der Waals surface area contributed by atoms with Crippen LogP contribution in [-0.4, -0.2) is 36.1 Å². The molecule has 0 saturated carbocycles. The molecule has 0 aromatic heterocycles. The highest BCUT2D eigenvalue weighted by molar-refractivity contribution is 6.03. The van der Waals surface area contributed by atoms with Gasteiger partial charge in [-0.15, -0.1) is 0 Å². The molecule has 1 unspecified atom stereocenters. The molecule has 0 bridgehead atoms. The summed E-state index contributed by atoms with van der Waals surface area (Å²) in [6.45, 7) is 0. The van der Waals surface area contributed by atoms with E-state index >= 15 is 0 Å². The molecular formula is C6H7F3N2O2. The Hall–Kier alpha value is -1.27. The van der Waals surface area contributed by atoms with Crippen LogP contribution in [0.5, 0.6) is 0 Å². The number of nitrogens with one attached hydrogen (secondary N) is 1. The number of likely N-dealkylation sites (N-methyl/N-ethyl adjacent to an activating group) is 1. The normalized spacial score (nSPS) is 23.7. The van der Waals surface area contributed by atoms with Crippen LogP contribution in [0.3, 0.4) is 0 Å². The van der Waals surface area contributed by atoms with Gasteiger partial charge in [-0.3, -0.25) is 9.69 Å². The average Bonchev–Trinajstić information content (AvgIpc) is 2.15. The molecule has 0 radical (unpaired) electrons. The van der Waals surface area contributed by atoms with Gasteiger partial charge < -0.3 is 5.32 Å². The van der Waals surface area contributed by atoms with Crippen LogP contribution in [0.25, 0.3) is 0 Å². The van der Waals surface area contributed by atoms with E-state index in [-0.39, 0.29) is 0 Å². The number of carbonyl (C=O) groups excluding carboxylic acids is 2. The van der Waals surface area contributed by atoms with Gasteiger partial charge in [-0.1, -0.05) is 0 Å². The number of hydrogen-bond donors (Lipinski definition) is 1. The Morgan fingerprint density at radius 2 is 2.00 bits per heavy atom. The second kappa shape index (κ2) is 2.90. The fourth-order valence-electron chi connectivity index (χ4n) is 1.01. The van der Waals surface area contributed by atoms with Gasteiger partial charge in [0.2, 0.25) is 0 Å². The monoisotopic (exact) mass is 196 g/mol. The summed E-state index contributed by atoms with van der Waals surface area (Å²) in [5.74, 6) is -0.845. The summed E-state index contributed by atoms with van der Waals surface area (Å²) in [6, 6.07) is -2.25. The standard InChI is InChI=1S/C6H7F3N2O2/c1-11-4(12)3(10-5(11)13)2-6(7,8)9/h3H,2H2,1H3,(H,10,13). The number of imide groups is 1. The minimum atomic E-state index is -4.45. The summed E-state index contributed by atoms with van der Waals surface area (Å²) in [7, 11) is 1.13. The van der Waals surface area contributed by atoms with Crippen LogP contribution in [0.1, 0.15) is 6.42 Å². The van der Waals surface area contributed by atoms with Gasteiger partial charge in [0.1, 0.15) is 6.04 Å². The number of amides is 3. The summed E-state index contributed by atoms with van der Waals surface area (Å²) in [6.07, 6.45) is -5.76. The van der Waals surface area contributed by atoms with Crippen LogP contribution < -0.4 is 5.32 Å². The molecule has 0 aromatic rings. The van der Waals surface area contributed by atoms with Crippen molar-refractivity contribution in [2.45, 2.75) is 18.6 Å². The van der Waals surface area contributed by atoms with Crippen molar-refractivity contribution in [2.75, 3.05) is 7.05 Å². The van der Waals surface area contributed by atoms with E-state index in [9.17, 15) is 22.8 Å². The summed E-state index contributed by atoms with van der Waals surface area (Å²) >= 11 is 0. The van der Waals surface area contributed by atoms with E-state index in [1.165, 1.54) is 0 Å². The minimum Gasteiger partial charge on any atom is -0.325 e. The van der Waals surface area contributed by atoms with Crippen molar-refractivity contribution in [2.24, 2.45) is 0 Å². The quantitative estimate of drug-likeness (QED) is 0.620. The second-order valence-corrected chi connectivity index (χ2v) is 2.72. The highest BCUT2D eigenvalue weighted by atomic mass is 19.4. The first kappa shape index (κ1) is 9.82. The molecule has 1 N–H and O–H groups in total. The summed E-state index contributed by atoms with van der Waals surface area (Å²) < 4.78 is 35.4. The molecule has 7 heteroatoms. The van der Waals surface area contributed by atoms with Crippen molar-refractivity contribution in [3.63, 3.8) is 0 Å². The van der Waals surface area contributed by atoms with Gasteiger partial charge in [0.25, 0.3) is 5.91 Å². The molecule has 1 rings (SSSR count). The first-order valence-electron chi connectivity index (χ1n) is 3.46. The maximum Gasteiger partial charge on any atom is 0.391 e. The lowest BCUT2D eigenvalue weighted by Gasteiger charge is -2.10. The zero-order valence-corrected chi connectivity index (χ0v) is 6.68. The average molecular weight is 196 g/mol. The summed E-state index contributed by atoms with van der Waals surface area (Å²) in [4.78, 5) is 22.3. The molecule has 0 aliphatic carbocycles. The maximum atomic E-state index is 11.8. The zero-order valence-electron chi connectivity index (χ0n) is 6.68. The van der Waals surface area contributed by atoms with E-state index in [1.54, 1.807) is 0 Å². The third-order valence-electron chi connectivity index (χ3n) is 1.67. The van der Waals surface area contributed by atoms with Gasteiger partial charge in [-0.05, 0) is 0 Å². The highest BCUT2D eigenvalue weighted by Crippen LogP contribution is 2.23. The molecule has 1 aliphatic heterocycles. The largest absolute Gasteiger partial charge is 0.391 e. The van der Waals surface area contributed by atoms with Gasteiger partial charge in [-0.25, -0.2) is 4.79 Å². The first-order valence-corrected chi connectivity index (χ1v) is 3.46.